The van der Waals surface area contributed by atoms with E-state index in [1.165, 1.54) is 45.1 Å². The molecule has 0 heterocycles. The summed E-state index contributed by atoms with van der Waals surface area (Å²) in [5.74, 6) is 1.09. The monoisotopic (exact) mass is 170 g/mol. The number of hydrogen-bond acceptors (Lipinski definition) is 2. The maximum atomic E-state index is 3.33. The Labute approximate surface area is 76.1 Å². The standard InChI is InChI=1S/C10H22N2/c1-11-9-12-8-3-2-5-10-6-4-7-10/h10-12H,2-9H2,1H3. The molecule has 0 spiro atoms. The first-order valence-electron chi connectivity index (χ1n) is 5.29. The Balaban J connectivity index is 1.70. The van der Waals surface area contributed by atoms with Gasteiger partial charge in [0.2, 0.25) is 0 Å². The molecule has 0 saturated heterocycles. The summed E-state index contributed by atoms with van der Waals surface area (Å²) in [6.45, 7) is 2.12. The fraction of sp³-hybridized carbons (Fsp3) is 1.00. The molecule has 0 atom stereocenters. The van der Waals surface area contributed by atoms with E-state index in [9.17, 15) is 0 Å². The molecule has 12 heavy (non-hydrogen) atoms. The van der Waals surface area contributed by atoms with Gasteiger partial charge < -0.3 is 10.6 Å². The van der Waals surface area contributed by atoms with Crippen molar-refractivity contribution in [3.8, 4) is 0 Å². The summed E-state index contributed by atoms with van der Waals surface area (Å²) in [5.41, 5.74) is 0. The van der Waals surface area contributed by atoms with Gasteiger partial charge in [0.1, 0.15) is 0 Å². The van der Waals surface area contributed by atoms with Gasteiger partial charge in [0.15, 0.2) is 0 Å². The lowest BCUT2D eigenvalue weighted by Gasteiger charge is -2.24. The zero-order valence-corrected chi connectivity index (χ0v) is 8.23. The van der Waals surface area contributed by atoms with Gasteiger partial charge in [-0.15, -0.1) is 0 Å². The Kier molecular flexibility index (Phi) is 5.37. The van der Waals surface area contributed by atoms with E-state index >= 15 is 0 Å². The second-order valence-corrected chi connectivity index (χ2v) is 3.82. The van der Waals surface area contributed by atoms with Gasteiger partial charge in [0.25, 0.3) is 0 Å². The molecule has 2 heteroatoms. The molecule has 1 aliphatic carbocycles. The van der Waals surface area contributed by atoms with Crippen LogP contribution in [0.3, 0.4) is 0 Å². The molecule has 0 aromatic rings. The molecule has 2 nitrogen and oxygen atoms in total. The van der Waals surface area contributed by atoms with Gasteiger partial charge in [-0.2, -0.15) is 0 Å². The van der Waals surface area contributed by atoms with Crippen molar-refractivity contribution in [2.75, 3.05) is 20.3 Å². The normalized spacial score (nSPS) is 17.8. The minimum Gasteiger partial charge on any atom is -0.308 e. The Bertz CT molecular complexity index is 100. The number of hydrogen-bond donors (Lipinski definition) is 2. The van der Waals surface area contributed by atoms with E-state index in [4.69, 9.17) is 0 Å². The van der Waals surface area contributed by atoms with Crippen LogP contribution in [-0.2, 0) is 0 Å². The van der Waals surface area contributed by atoms with Crippen LogP contribution in [-0.4, -0.2) is 20.3 Å². The molecule has 0 aliphatic heterocycles. The van der Waals surface area contributed by atoms with Crippen LogP contribution in [0.25, 0.3) is 0 Å². The Morgan fingerprint density at radius 2 is 2.08 bits per heavy atom. The summed E-state index contributed by atoms with van der Waals surface area (Å²) in [4.78, 5) is 0. The molecule has 0 unspecified atom stereocenters. The van der Waals surface area contributed by atoms with Crippen molar-refractivity contribution in [2.45, 2.75) is 38.5 Å². The van der Waals surface area contributed by atoms with E-state index < -0.39 is 0 Å². The maximum Gasteiger partial charge on any atom is 0.0451 e. The zero-order chi connectivity index (χ0) is 8.65. The molecule has 0 radical (unpaired) electrons. The summed E-state index contributed by atoms with van der Waals surface area (Å²) in [6, 6.07) is 0. The van der Waals surface area contributed by atoms with Crippen LogP contribution in [0, 0.1) is 5.92 Å². The van der Waals surface area contributed by atoms with Crippen molar-refractivity contribution in [2.24, 2.45) is 5.92 Å². The Morgan fingerprint density at radius 3 is 2.67 bits per heavy atom. The molecule has 1 aliphatic rings. The summed E-state index contributed by atoms with van der Waals surface area (Å²) < 4.78 is 0. The van der Waals surface area contributed by atoms with Gasteiger partial charge in [0, 0.05) is 6.67 Å². The summed E-state index contributed by atoms with van der Waals surface area (Å²) in [5, 5.41) is 6.41. The lowest BCUT2D eigenvalue weighted by Crippen LogP contribution is -2.26. The summed E-state index contributed by atoms with van der Waals surface area (Å²) in [7, 11) is 1.97. The average Bonchev–Trinajstić information content (AvgIpc) is 2.00. The van der Waals surface area contributed by atoms with E-state index in [0.29, 0.717) is 0 Å². The third kappa shape index (κ3) is 4.07. The summed E-state index contributed by atoms with van der Waals surface area (Å²) >= 11 is 0. The van der Waals surface area contributed by atoms with Crippen LogP contribution in [0.15, 0.2) is 0 Å². The first-order valence-corrected chi connectivity index (χ1v) is 5.29. The molecule has 1 saturated carbocycles. The number of nitrogens with one attached hydrogen (secondary N) is 2. The Morgan fingerprint density at radius 1 is 1.25 bits per heavy atom. The van der Waals surface area contributed by atoms with Gasteiger partial charge in [-0.05, 0) is 25.9 Å². The van der Waals surface area contributed by atoms with Gasteiger partial charge in [-0.25, -0.2) is 0 Å². The average molecular weight is 170 g/mol. The van der Waals surface area contributed by atoms with E-state index in [1.807, 2.05) is 7.05 Å². The minimum absolute atomic E-state index is 0.948. The van der Waals surface area contributed by atoms with Gasteiger partial charge in [-0.1, -0.05) is 32.1 Å². The molecular formula is C10H22N2. The molecule has 0 bridgehead atoms. The van der Waals surface area contributed by atoms with E-state index in [0.717, 1.165) is 12.6 Å². The third-order valence-electron chi connectivity index (χ3n) is 2.74. The highest BCUT2D eigenvalue weighted by atomic mass is 15.0. The van der Waals surface area contributed by atoms with Crippen molar-refractivity contribution in [1.29, 1.82) is 0 Å². The fourth-order valence-electron chi connectivity index (χ4n) is 1.68. The molecule has 0 amide bonds. The smallest absolute Gasteiger partial charge is 0.0451 e. The highest BCUT2D eigenvalue weighted by molar-refractivity contribution is 4.69. The summed E-state index contributed by atoms with van der Waals surface area (Å²) in [6.07, 6.45) is 8.73. The first-order chi connectivity index (χ1) is 5.93. The largest absolute Gasteiger partial charge is 0.308 e. The van der Waals surface area contributed by atoms with Crippen molar-refractivity contribution >= 4 is 0 Å². The predicted octanol–water partition coefficient (Wildman–Crippen LogP) is 1.72. The molecule has 0 aromatic heterocycles. The molecule has 1 rings (SSSR count). The van der Waals surface area contributed by atoms with Gasteiger partial charge in [-0.3, -0.25) is 0 Å². The maximum absolute atomic E-state index is 3.33. The second kappa shape index (κ2) is 6.44. The zero-order valence-electron chi connectivity index (χ0n) is 8.23. The first kappa shape index (κ1) is 10.0. The van der Waals surface area contributed by atoms with Crippen molar-refractivity contribution in [1.82, 2.24) is 10.6 Å². The predicted molar refractivity (Wildman–Crippen MR) is 53.1 cm³/mol. The second-order valence-electron chi connectivity index (χ2n) is 3.82. The highest BCUT2D eigenvalue weighted by Crippen LogP contribution is 2.30. The fourth-order valence-corrected chi connectivity index (χ4v) is 1.68. The number of unbranched alkanes of at least 4 members (excludes halogenated alkanes) is 1. The Hall–Kier alpha value is -0.0800. The van der Waals surface area contributed by atoms with Gasteiger partial charge in [0.05, 0.1) is 0 Å². The van der Waals surface area contributed by atoms with E-state index in [1.54, 1.807) is 0 Å². The van der Waals surface area contributed by atoms with E-state index in [2.05, 4.69) is 10.6 Å². The van der Waals surface area contributed by atoms with Crippen LogP contribution in [0.1, 0.15) is 38.5 Å². The SMILES string of the molecule is CNCNCCCCC1CCC1. The van der Waals surface area contributed by atoms with Crippen LogP contribution < -0.4 is 10.6 Å². The molecular weight excluding hydrogens is 148 g/mol. The van der Waals surface area contributed by atoms with Crippen molar-refractivity contribution in [3.05, 3.63) is 0 Å². The quantitative estimate of drug-likeness (QED) is 0.449. The van der Waals surface area contributed by atoms with Crippen molar-refractivity contribution in [3.63, 3.8) is 0 Å². The van der Waals surface area contributed by atoms with Crippen LogP contribution >= 0.6 is 0 Å². The molecule has 0 aromatic carbocycles. The topological polar surface area (TPSA) is 24.1 Å². The lowest BCUT2D eigenvalue weighted by molar-refractivity contribution is 0.287. The van der Waals surface area contributed by atoms with Crippen molar-refractivity contribution < 1.29 is 0 Å². The van der Waals surface area contributed by atoms with Crippen LogP contribution in [0.4, 0.5) is 0 Å². The highest BCUT2D eigenvalue weighted by Gasteiger charge is 2.15. The lowest BCUT2D eigenvalue weighted by atomic mass is 9.82. The molecule has 2 N–H and O–H groups in total. The number of rotatable bonds is 7. The minimum atomic E-state index is 0.948. The van der Waals surface area contributed by atoms with Crippen LogP contribution in [0.5, 0.6) is 0 Å². The molecule has 1 fully saturated rings. The van der Waals surface area contributed by atoms with Crippen LogP contribution in [0.2, 0.25) is 0 Å². The molecule has 72 valence electrons. The van der Waals surface area contributed by atoms with Gasteiger partial charge >= 0.3 is 0 Å². The third-order valence-corrected chi connectivity index (χ3v) is 2.74. The van der Waals surface area contributed by atoms with E-state index in [-0.39, 0.29) is 0 Å².